The molecule has 0 aromatic heterocycles. The maximum atomic E-state index is 13.8. The summed E-state index contributed by atoms with van der Waals surface area (Å²) in [6.07, 6.45) is -0.213. The molecule has 4 nitrogen and oxygen atoms in total. The number of carbonyl (C=O) groups is 2. The van der Waals surface area contributed by atoms with Crippen LogP contribution in [0.2, 0.25) is 0 Å². The molecule has 0 bridgehead atoms. The molecule has 22 heavy (non-hydrogen) atoms. The number of carbonyl (C=O) groups excluding carboxylic acids is 2. The van der Waals surface area contributed by atoms with E-state index in [0.29, 0.717) is 15.8 Å². The summed E-state index contributed by atoms with van der Waals surface area (Å²) in [5.41, 5.74) is 6.75. The van der Waals surface area contributed by atoms with E-state index in [9.17, 15) is 14.0 Å². The van der Waals surface area contributed by atoms with E-state index in [1.807, 2.05) is 0 Å². The van der Waals surface area contributed by atoms with Crippen molar-refractivity contribution in [1.82, 2.24) is 0 Å². The Labute approximate surface area is 135 Å². The Morgan fingerprint density at radius 2 is 1.82 bits per heavy atom. The number of benzene rings is 2. The number of nitrogen functional groups attached to an aromatic ring is 1. The second kappa shape index (κ2) is 6.70. The number of hydrogen-bond acceptors (Lipinski definition) is 3. The number of imide groups is 1. The lowest BCUT2D eigenvalue weighted by molar-refractivity contribution is -0.125. The van der Waals surface area contributed by atoms with Crippen LogP contribution in [-0.2, 0) is 16.0 Å². The lowest BCUT2D eigenvalue weighted by Crippen LogP contribution is -2.36. The summed E-state index contributed by atoms with van der Waals surface area (Å²) in [5, 5.41) is 0. The van der Waals surface area contributed by atoms with Gasteiger partial charge in [-0.25, -0.2) is 4.39 Å². The zero-order chi connectivity index (χ0) is 16.3. The third kappa shape index (κ3) is 3.71. The molecule has 0 saturated carbocycles. The minimum Gasteiger partial charge on any atom is -0.399 e. The first-order chi connectivity index (χ1) is 10.4. The van der Waals surface area contributed by atoms with Crippen LogP contribution in [0.1, 0.15) is 12.5 Å². The second-order valence-electron chi connectivity index (χ2n) is 4.75. The van der Waals surface area contributed by atoms with Crippen molar-refractivity contribution in [1.29, 1.82) is 0 Å². The van der Waals surface area contributed by atoms with Gasteiger partial charge in [0.1, 0.15) is 5.82 Å². The van der Waals surface area contributed by atoms with Crippen LogP contribution in [0.5, 0.6) is 0 Å². The molecule has 0 unspecified atom stereocenters. The number of nitrogens with zero attached hydrogens (tertiary/aromatic N) is 1. The summed E-state index contributed by atoms with van der Waals surface area (Å²) in [6.45, 7) is 1.28. The molecule has 0 radical (unpaired) electrons. The zero-order valence-electron chi connectivity index (χ0n) is 11.8. The molecule has 2 amide bonds. The van der Waals surface area contributed by atoms with Gasteiger partial charge < -0.3 is 5.73 Å². The van der Waals surface area contributed by atoms with Gasteiger partial charge in [0.2, 0.25) is 11.8 Å². The van der Waals surface area contributed by atoms with Crippen molar-refractivity contribution in [3.8, 4) is 0 Å². The summed E-state index contributed by atoms with van der Waals surface area (Å²) in [5.74, 6) is -1.43. The molecule has 6 heteroatoms. The SMILES string of the molecule is CC(=O)N(C(=O)Cc1cc(Br)ccc1F)c1ccc(N)cc1. The number of nitrogens with two attached hydrogens (primary N) is 1. The number of rotatable bonds is 3. The molecule has 0 aliphatic rings. The quantitative estimate of drug-likeness (QED) is 0.849. The molecule has 0 saturated heterocycles. The normalized spacial score (nSPS) is 10.3. The fraction of sp³-hybridized carbons (Fsp3) is 0.125. The molecule has 2 aromatic carbocycles. The lowest BCUT2D eigenvalue weighted by Gasteiger charge is -2.19. The minimum atomic E-state index is -0.505. The first-order valence-electron chi connectivity index (χ1n) is 6.51. The zero-order valence-corrected chi connectivity index (χ0v) is 13.4. The minimum absolute atomic E-state index is 0.213. The second-order valence-corrected chi connectivity index (χ2v) is 5.67. The van der Waals surface area contributed by atoms with Crippen LogP contribution in [0.25, 0.3) is 0 Å². The molecular formula is C16H14BrFN2O2. The Morgan fingerprint density at radius 1 is 1.18 bits per heavy atom. The number of hydrogen-bond donors (Lipinski definition) is 1. The van der Waals surface area contributed by atoms with E-state index >= 15 is 0 Å². The van der Waals surface area contributed by atoms with E-state index in [4.69, 9.17) is 5.73 Å². The van der Waals surface area contributed by atoms with Crippen molar-refractivity contribution in [3.05, 3.63) is 58.3 Å². The Balaban J connectivity index is 2.29. The highest BCUT2D eigenvalue weighted by molar-refractivity contribution is 9.10. The third-order valence-electron chi connectivity index (χ3n) is 3.07. The van der Waals surface area contributed by atoms with E-state index in [0.717, 1.165) is 4.90 Å². The Morgan fingerprint density at radius 3 is 2.41 bits per heavy atom. The number of amides is 2. The highest BCUT2D eigenvalue weighted by atomic mass is 79.9. The fourth-order valence-electron chi connectivity index (χ4n) is 2.05. The summed E-state index contributed by atoms with van der Waals surface area (Å²) in [7, 11) is 0. The first kappa shape index (κ1) is 16.2. The van der Waals surface area contributed by atoms with Crippen LogP contribution in [0.15, 0.2) is 46.9 Å². The molecule has 0 aliphatic carbocycles. The van der Waals surface area contributed by atoms with Crippen LogP contribution in [0, 0.1) is 5.82 Å². The van der Waals surface area contributed by atoms with Gasteiger partial charge in [-0.1, -0.05) is 15.9 Å². The van der Waals surface area contributed by atoms with Gasteiger partial charge in [-0.15, -0.1) is 0 Å². The topological polar surface area (TPSA) is 63.4 Å². The van der Waals surface area contributed by atoms with Gasteiger partial charge in [-0.05, 0) is 48.0 Å². The largest absolute Gasteiger partial charge is 0.399 e. The predicted molar refractivity (Wildman–Crippen MR) is 86.8 cm³/mol. The summed E-state index contributed by atoms with van der Waals surface area (Å²) >= 11 is 3.23. The van der Waals surface area contributed by atoms with E-state index in [-0.39, 0.29) is 12.0 Å². The molecule has 0 atom stereocenters. The van der Waals surface area contributed by atoms with Gasteiger partial charge in [0, 0.05) is 17.1 Å². The van der Waals surface area contributed by atoms with E-state index in [2.05, 4.69) is 15.9 Å². The van der Waals surface area contributed by atoms with Crippen molar-refractivity contribution in [2.75, 3.05) is 10.6 Å². The van der Waals surface area contributed by atoms with Crippen molar-refractivity contribution >= 4 is 39.1 Å². The number of anilines is 2. The smallest absolute Gasteiger partial charge is 0.238 e. The van der Waals surface area contributed by atoms with E-state index < -0.39 is 17.6 Å². The fourth-order valence-corrected chi connectivity index (χ4v) is 2.45. The first-order valence-corrected chi connectivity index (χ1v) is 7.31. The van der Waals surface area contributed by atoms with Crippen molar-refractivity contribution in [3.63, 3.8) is 0 Å². The molecular weight excluding hydrogens is 351 g/mol. The van der Waals surface area contributed by atoms with Gasteiger partial charge in [0.25, 0.3) is 0 Å². The van der Waals surface area contributed by atoms with E-state index in [1.54, 1.807) is 30.3 Å². The molecule has 2 rings (SSSR count). The monoisotopic (exact) mass is 364 g/mol. The van der Waals surface area contributed by atoms with Crippen LogP contribution in [-0.4, -0.2) is 11.8 Å². The van der Waals surface area contributed by atoms with Gasteiger partial charge in [-0.2, -0.15) is 0 Å². The standard InChI is InChI=1S/C16H14BrFN2O2/c1-10(21)20(14-5-3-13(19)4-6-14)16(22)9-11-8-12(17)2-7-15(11)18/h2-8H,9,19H2,1H3. The molecule has 0 heterocycles. The van der Waals surface area contributed by atoms with Crippen LogP contribution in [0.3, 0.4) is 0 Å². The molecule has 114 valence electrons. The number of halogens is 2. The molecule has 2 aromatic rings. The third-order valence-corrected chi connectivity index (χ3v) is 3.56. The summed E-state index contributed by atoms with van der Waals surface area (Å²) < 4.78 is 14.4. The summed E-state index contributed by atoms with van der Waals surface area (Å²) in [6, 6.07) is 10.7. The van der Waals surface area contributed by atoms with Gasteiger partial charge in [0.15, 0.2) is 0 Å². The van der Waals surface area contributed by atoms with Crippen LogP contribution in [0.4, 0.5) is 15.8 Å². The molecule has 2 N–H and O–H groups in total. The molecule has 0 fully saturated rings. The van der Waals surface area contributed by atoms with Crippen molar-refractivity contribution < 1.29 is 14.0 Å². The highest BCUT2D eigenvalue weighted by Gasteiger charge is 2.21. The molecule has 0 spiro atoms. The maximum Gasteiger partial charge on any atom is 0.238 e. The van der Waals surface area contributed by atoms with Crippen LogP contribution >= 0.6 is 15.9 Å². The van der Waals surface area contributed by atoms with Gasteiger partial charge in [-0.3, -0.25) is 14.5 Å². The Hall–Kier alpha value is -2.21. The van der Waals surface area contributed by atoms with Crippen LogP contribution < -0.4 is 10.6 Å². The Bertz CT molecular complexity index is 717. The predicted octanol–water partition coefficient (Wildman–Crippen LogP) is 3.29. The average Bonchev–Trinajstić information content (AvgIpc) is 2.45. The average molecular weight is 365 g/mol. The Kier molecular flexibility index (Phi) is 4.92. The molecule has 0 aliphatic heterocycles. The highest BCUT2D eigenvalue weighted by Crippen LogP contribution is 2.20. The summed E-state index contributed by atoms with van der Waals surface area (Å²) in [4.78, 5) is 25.2. The van der Waals surface area contributed by atoms with Gasteiger partial charge >= 0.3 is 0 Å². The lowest BCUT2D eigenvalue weighted by atomic mass is 10.1. The van der Waals surface area contributed by atoms with Crippen molar-refractivity contribution in [2.24, 2.45) is 0 Å². The van der Waals surface area contributed by atoms with Gasteiger partial charge in [0.05, 0.1) is 12.1 Å². The van der Waals surface area contributed by atoms with Crippen molar-refractivity contribution in [2.45, 2.75) is 13.3 Å². The van der Waals surface area contributed by atoms with E-state index in [1.165, 1.54) is 19.1 Å². The maximum absolute atomic E-state index is 13.8.